The molecule has 0 spiro atoms. The molecular weight excluding hydrogens is 250 g/mol. The summed E-state index contributed by atoms with van der Waals surface area (Å²) in [5.74, 6) is 1.31. The van der Waals surface area contributed by atoms with Gasteiger partial charge in [0.05, 0.1) is 11.0 Å². The van der Waals surface area contributed by atoms with Crippen LogP contribution in [-0.2, 0) is 0 Å². The van der Waals surface area contributed by atoms with Gasteiger partial charge < -0.3 is 15.5 Å². The number of nitrogens with two attached hydrogens (primary N) is 1. The summed E-state index contributed by atoms with van der Waals surface area (Å²) >= 11 is 0. The standard InChI is InChI=1S/C15H21N5/c1-19-9-5-6-11(10-19)20(2)15-14(16)17-12-7-3-4-8-13(12)18-15/h3-4,7-8,11H,5-6,9-10H2,1-2H3,(H2,16,17). The van der Waals surface area contributed by atoms with Gasteiger partial charge in [-0.15, -0.1) is 0 Å². The fraction of sp³-hybridized carbons (Fsp3) is 0.467. The van der Waals surface area contributed by atoms with E-state index in [2.05, 4.69) is 28.9 Å². The zero-order valence-corrected chi connectivity index (χ0v) is 12.1. The maximum atomic E-state index is 6.10. The van der Waals surface area contributed by atoms with Crippen molar-refractivity contribution in [3.8, 4) is 0 Å². The molecule has 2 aromatic rings. The second kappa shape index (κ2) is 5.25. The third kappa shape index (κ3) is 2.41. The predicted octanol–water partition coefficient (Wildman–Crippen LogP) is 1.74. The van der Waals surface area contributed by atoms with Gasteiger partial charge in [-0.05, 0) is 38.6 Å². The quantitative estimate of drug-likeness (QED) is 0.901. The Labute approximate surface area is 119 Å². The Morgan fingerprint density at radius 1 is 1.25 bits per heavy atom. The second-order valence-electron chi connectivity index (χ2n) is 5.59. The smallest absolute Gasteiger partial charge is 0.172 e. The molecule has 5 heteroatoms. The van der Waals surface area contributed by atoms with Crippen molar-refractivity contribution in [3.63, 3.8) is 0 Å². The molecule has 2 heterocycles. The maximum absolute atomic E-state index is 6.10. The second-order valence-corrected chi connectivity index (χ2v) is 5.59. The minimum absolute atomic E-state index is 0.450. The van der Waals surface area contributed by atoms with Crippen molar-refractivity contribution in [1.29, 1.82) is 0 Å². The predicted molar refractivity (Wildman–Crippen MR) is 82.9 cm³/mol. The molecule has 0 amide bonds. The third-order valence-corrected chi connectivity index (χ3v) is 4.06. The number of nitrogens with zero attached hydrogens (tertiary/aromatic N) is 4. The minimum Gasteiger partial charge on any atom is -0.381 e. The number of anilines is 2. The minimum atomic E-state index is 0.450. The molecule has 1 saturated heterocycles. The van der Waals surface area contributed by atoms with Gasteiger partial charge in [-0.3, -0.25) is 0 Å². The first kappa shape index (κ1) is 13.1. The van der Waals surface area contributed by atoms with Gasteiger partial charge in [0, 0.05) is 19.6 Å². The summed E-state index contributed by atoms with van der Waals surface area (Å²) < 4.78 is 0. The van der Waals surface area contributed by atoms with Gasteiger partial charge >= 0.3 is 0 Å². The van der Waals surface area contributed by atoms with E-state index in [1.807, 2.05) is 24.3 Å². The molecule has 5 nitrogen and oxygen atoms in total. The summed E-state index contributed by atoms with van der Waals surface area (Å²) in [6, 6.07) is 8.30. The van der Waals surface area contributed by atoms with E-state index in [4.69, 9.17) is 10.7 Å². The molecule has 0 radical (unpaired) electrons. The average molecular weight is 271 g/mol. The summed E-state index contributed by atoms with van der Waals surface area (Å²) in [5, 5.41) is 0. The zero-order chi connectivity index (χ0) is 14.1. The van der Waals surface area contributed by atoms with Crippen molar-refractivity contribution < 1.29 is 0 Å². The van der Waals surface area contributed by atoms with Crippen LogP contribution in [0.3, 0.4) is 0 Å². The molecule has 1 aliphatic heterocycles. The van der Waals surface area contributed by atoms with Gasteiger partial charge in [0.15, 0.2) is 11.6 Å². The highest BCUT2D eigenvalue weighted by Gasteiger charge is 2.23. The number of rotatable bonds is 2. The number of hydrogen-bond acceptors (Lipinski definition) is 5. The van der Waals surface area contributed by atoms with Gasteiger partial charge in [-0.25, -0.2) is 9.97 Å². The molecule has 0 saturated carbocycles. The van der Waals surface area contributed by atoms with Gasteiger partial charge in [-0.1, -0.05) is 12.1 Å². The molecule has 1 aliphatic rings. The molecule has 0 aliphatic carbocycles. The third-order valence-electron chi connectivity index (χ3n) is 4.06. The monoisotopic (exact) mass is 271 g/mol. The van der Waals surface area contributed by atoms with Crippen LogP contribution in [0, 0.1) is 0 Å². The van der Waals surface area contributed by atoms with E-state index >= 15 is 0 Å². The van der Waals surface area contributed by atoms with Crippen LogP contribution in [0.15, 0.2) is 24.3 Å². The molecule has 1 aromatic heterocycles. The van der Waals surface area contributed by atoms with E-state index in [0.717, 1.165) is 23.4 Å². The van der Waals surface area contributed by atoms with Crippen LogP contribution in [0.4, 0.5) is 11.6 Å². The van der Waals surface area contributed by atoms with Crippen molar-refractivity contribution in [2.45, 2.75) is 18.9 Å². The Balaban J connectivity index is 1.94. The van der Waals surface area contributed by atoms with Crippen LogP contribution in [0.5, 0.6) is 0 Å². The lowest BCUT2D eigenvalue weighted by Gasteiger charge is -2.36. The lowest BCUT2D eigenvalue weighted by Crippen LogP contribution is -2.45. The number of benzene rings is 1. The van der Waals surface area contributed by atoms with Gasteiger partial charge in [0.25, 0.3) is 0 Å². The Bertz CT molecular complexity index is 612. The van der Waals surface area contributed by atoms with Crippen LogP contribution in [0.25, 0.3) is 11.0 Å². The van der Waals surface area contributed by atoms with Crippen LogP contribution in [0.1, 0.15) is 12.8 Å². The maximum Gasteiger partial charge on any atom is 0.172 e. The first-order valence-electron chi connectivity index (χ1n) is 7.09. The van der Waals surface area contributed by atoms with Crippen molar-refractivity contribution >= 4 is 22.7 Å². The van der Waals surface area contributed by atoms with Crippen LogP contribution < -0.4 is 10.6 Å². The molecule has 106 valence electrons. The number of fused-ring (bicyclic) bond motifs is 1. The van der Waals surface area contributed by atoms with Crippen molar-refractivity contribution in [2.24, 2.45) is 0 Å². The topological polar surface area (TPSA) is 58.3 Å². The zero-order valence-electron chi connectivity index (χ0n) is 12.1. The number of likely N-dealkylation sites (tertiary alicyclic amines) is 1. The van der Waals surface area contributed by atoms with Crippen LogP contribution in [-0.4, -0.2) is 48.1 Å². The fourth-order valence-corrected chi connectivity index (χ4v) is 2.89. The molecule has 20 heavy (non-hydrogen) atoms. The van der Waals surface area contributed by atoms with Gasteiger partial charge in [-0.2, -0.15) is 0 Å². The van der Waals surface area contributed by atoms with E-state index in [-0.39, 0.29) is 0 Å². The lowest BCUT2D eigenvalue weighted by atomic mass is 10.1. The summed E-state index contributed by atoms with van der Waals surface area (Å²) in [5.41, 5.74) is 7.85. The van der Waals surface area contributed by atoms with E-state index in [1.54, 1.807) is 0 Å². The number of hydrogen-bond donors (Lipinski definition) is 1. The number of aromatic nitrogens is 2. The molecule has 1 fully saturated rings. The molecule has 1 aromatic carbocycles. The SMILES string of the molecule is CN1CCCC(N(C)c2nc3ccccc3nc2N)C1. The normalized spacial score (nSPS) is 20.2. The molecule has 1 unspecified atom stereocenters. The molecular formula is C15H21N5. The first-order chi connectivity index (χ1) is 9.65. The number of para-hydroxylation sites is 2. The van der Waals surface area contributed by atoms with E-state index < -0.39 is 0 Å². The summed E-state index contributed by atoms with van der Waals surface area (Å²) in [6.07, 6.45) is 2.39. The van der Waals surface area contributed by atoms with Gasteiger partial charge in [0.2, 0.25) is 0 Å². The molecule has 2 N–H and O–H groups in total. The number of nitrogen functional groups attached to an aromatic ring is 1. The summed E-state index contributed by atoms with van der Waals surface area (Å²) in [6.45, 7) is 2.22. The van der Waals surface area contributed by atoms with Crippen LogP contribution in [0.2, 0.25) is 0 Å². The highest BCUT2D eigenvalue weighted by molar-refractivity contribution is 5.79. The Morgan fingerprint density at radius 2 is 1.95 bits per heavy atom. The summed E-state index contributed by atoms with van der Waals surface area (Å²) in [7, 11) is 4.23. The Morgan fingerprint density at radius 3 is 2.65 bits per heavy atom. The largest absolute Gasteiger partial charge is 0.381 e. The lowest BCUT2D eigenvalue weighted by molar-refractivity contribution is 0.247. The molecule has 3 rings (SSSR count). The van der Waals surface area contributed by atoms with E-state index in [1.165, 1.54) is 19.4 Å². The molecule has 0 bridgehead atoms. The van der Waals surface area contributed by atoms with Crippen molar-refractivity contribution in [2.75, 3.05) is 37.8 Å². The first-order valence-corrected chi connectivity index (χ1v) is 7.09. The summed E-state index contributed by atoms with van der Waals surface area (Å²) in [4.78, 5) is 13.7. The van der Waals surface area contributed by atoms with Crippen molar-refractivity contribution in [3.05, 3.63) is 24.3 Å². The van der Waals surface area contributed by atoms with E-state index in [9.17, 15) is 0 Å². The average Bonchev–Trinajstić information content (AvgIpc) is 2.46. The Kier molecular flexibility index (Phi) is 3.44. The van der Waals surface area contributed by atoms with E-state index in [0.29, 0.717) is 11.9 Å². The van der Waals surface area contributed by atoms with Crippen LogP contribution >= 0.6 is 0 Å². The number of likely N-dealkylation sites (N-methyl/N-ethyl adjacent to an activating group) is 2. The number of piperidine rings is 1. The highest BCUT2D eigenvalue weighted by atomic mass is 15.3. The van der Waals surface area contributed by atoms with Crippen molar-refractivity contribution in [1.82, 2.24) is 14.9 Å². The molecule has 1 atom stereocenters. The highest BCUT2D eigenvalue weighted by Crippen LogP contribution is 2.25. The van der Waals surface area contributed by atoms with Gasteiger partial charge in [0.1, 0.15) is 0 Å². The Hall–Kier alpha value is -1.88. The fourth-order valence-electron chi connectivity index (χ4n) is 2.89.